The largest absolute Gasteiger partial charge is 0.480 e. The van der Waals surface area contributed by atoms with Crippen molar-refractivity contribution in [1.82, 2.24) is 24.8 Å². The number of hydrogen-bond donors (Lipinski definition) is 2. The van der Waals surface area contributed by atoms with E-state index < -0.39 is 5.41 Å². The second kappa shape index (κ2) is 9.23. The van der Waals surface area contributed by atoms with Gasteiger partial charge in [0.25, 0.3) is 0 Å². The zero-order chi connectivity index (χ0) is 22.8. The highest BCUT2D eigenvalue weighted by atomic mass is 35.5. The van der Waals surface area contributed by atoms with Gasteiger partial charge in [-0.05, 0) is 32.5 Å². The lowest BCUT2D eigenvalue weighted by atomic mass is 9.92. The molecule has 2 aromatic rings. The van der Waals surface area contributed by atoms with Gasteiger partial charge in [-0.15, -0.1) is 0 Å². The number of amides is 1. The molecule has 168 valence electrons. The molecule has 0 radical (unpaired) electrons. The molecule has 0 spiro atoms. The van der Waals surface area contributed by atoms with E-state index in [1.807, 2.05) is 19.9 Å². The standard InChI is InChI=1S/C21H30ClN7O2/c1-21(2,19(30)28(3)4)12-24-17-14(22)10-23-20(27-17)26-16-9-13-11-29(5)8-7-15(13)25-18(16)31-6/h9-10H,7-8,11-12H2,1-6H3,(H2,23,24,26,27). The van der Waals surface area contributed by atoms with Crippen molar-refractivity contribution in [2.24, 2.45) is 5.41 Å². The first-order chi connectivity index (χ1) is 14.6. The summed E-state index contributed by atoms with van der Waals surface area (Å²) < 4.78 is 5.48. The van der Waals surface area contributed by atoms with Crippen LogP contribution < -0.4 is 15.4 Å². The zero-order valence-corrected chi connectivity index (χ0v) is 19.7. The molecule has 1 amide bonds. The van der Waals surface area contributed by atoms with Crippen LogP contribution in [0.2, 0.25) is 5.02 Å². The number of methoxy groups -OCH3 is 1. The number of hydrogen-bond acceptors (Lipinski definition) is 8. The predicted octanol–water partition coefficient (Wildman–Crippen LogP) is 2.79. The average molecular weight is 448 g/mol. The van der Waals surface area contributed by atoms with E-state index in [4.69, 9.17) is 16.3 Å². The molecule has 0 saturated heterocycles. The van der Waals surface area contributed by atoms with Crippen LogP contribution in [-0.4, -0.2) is 72.0 Å². The molecule has 2 N–H and O–H groups in total. The van der Waals surface area contributed by atoms with Crippen molar-refractivity contribution in [2.75, 3.05) is 52.0 Å². The van der Waals surface area contributed by atoms with Gasteiger partial charge in [-0.1, -0.05) is 11.6 Å². The van der Waals surface area contributed by atoms with Gasteiger partial charge in [-0.2, -0.15) is 4.98 Å². The molecule has 0 bridgehead atoms. The third-order valence-electron chi connectivity index (χ3n) is 5.19. The zero-order valence-electron chi connectivity index (χ0n) is 18.9. The van der Waals surface area contributed by atoms with E-state index in [0.717, 1.165) is 30.8 Å². The first-order valence-electron chi connectivity index (χ1n) is 10.1. The Bertz CT molecular complexity index is 965. The number of carbonyl (C=O) groups excluding carboxylic acids is 1. The second-order valence-corrected chi connectivity index (χ2v) is 9.00. The number of pyridine rings is 1. The van der Waals surface area contributed by atoms with Gasteiger partial charge in [0.05, 0.1) is 24.4 Å². The van der Waals surface area contributed by atoms with Gasteiger partial charge in [0, 0.05) is 40.2 Å². The number of carbonyl (C=O) groups is 1. The van der Waals surface area contributed by atoms with Crippen molar-refractivity contribution in [1.29, 1.82) is 0 Å². The van der Waals surface area contributed by atoms with E-state index in [2.05, 4.69) is 37.5 Å². The molecule has 0 aliphatic carbocycles. The van der Waals surface area contributed by atoms with Crippen LogP contribution in [0.25, 0.3) is 0 Å². The number of anilines is 3. The maximum absolute atomic E-state index is 12.4. The summed E-state index contributed by atoms with van der Waals surface area (Å²) in [6.45, 7) is 5.91. The van der Waals surface area contributed by atoms with Crippen molar-refractivity contribution in [3.63, 3.8) is 0 Å². The molecule has 9 nitrogen and oxygen atoms in total. The third kappa shape index (κ3) is 5.34. The molecule has 0 fully saturated rings. The van der Waals surface area contributed by atoms with Crippen LogP contribution in [0.5, 0.6) is 5.88 Å². The van der Waals surface area contributed by atoms with E-state index in [1.54, 1.807) is 26.1 Å². The van der Waals surface area contributed by atoms with Crippen molar-refractivity contribution in [3.8, 4) is 5.88 Å². The fourth-order valence-corrected chi connectivity index (χ4v) is 3.65. The van der Waals surface area contributed by atoms with Gasteiger partial charge in [0.2, 0.25) is 17.7 Å². The second-order valence-electron chi connectivity index (χ2n) is 8.59. The lowest BCUT2D eigenvalue weighted by Crippen LogP contribution is -2.40. The summed E-state index contributed by atoms with van der Waals surface area (Å²) in [6.07, 6.45) is 2.40. The molecule has 1 aliphatic rings. The number of ether oxygens (including phenoxy) is 1. The average Bonchev–Trinajstić information content (AvgIpc) is 2.72. The van der Waals surface area contributed by atoms with Crippen LogP contribution in [0.3, 0.4) is 0 Å². The fourth-order valence-electron chi connectivity index (χ4n) is 3.50. The lowest BCUT2D eigenvalue weighted by Gasteiger charge is -2.27. The van der Waals surface area contributed by atoms with Crippen LogP contribution in [0, 0.1) is 5.41 Å². The topological polar surface area (TPSA) is 95.5 Å². The van der Waals surface area contributed by atoms with Crippen LogP contribution >= 0.6 is 11.6 Å². The molecule has 31 heavy (non-hydrogen) atoms. The number of nitrogens with one attached hydrogen (secondary N) is 2. The first kappa shape index (κ1) is 23.0. The number of halogens is 1. The Kier molecular flexibility index (Phi) is 6.86. The smallest absolute Gasteiger partial charge is 0.237 e. The molecule has 0 saturated carbocycles. The summed E-state index contributed by atoms with van der Waals surface area (Å²) in [5.41, 5.74) is 2.26. The molecule has 10 heteroatoms. The number of nitrogens with zero attached hydrogens (tertiary/aromatic N) is 5. The Morgan fingerprint density at radius 1 is 1.35 bits per heavy atom. The normalized spacial score (nSPS) is 14.0. The van der Waals surface area contributed by atoms with Crippen molar-refractivity contribution in [2.45, 2.75) is 26.8 Å². The maximum atomic E-state index is 12.4. The highest BCUT2D eigenvalue weighted by Gasteiger charge is 2.29. The van der Waals surface area contributed by atoms with Gasteiger partial charge >= 0.3 is 0 Å². The molecule has 3 heterocycles. The SMILES string of the molecule is COc1nc2c(cc1Nc1ncc(Cl)c(NCC(C)(C)C(=O)N(C)C)n1)CN(C)CC2. The maximum Gasteiger partial charge on any atom is 0.237 e. The summed E-state index contributed by atoms with van der Waals surface area (Å²) in [5.74, 6) is 1.31. The first-order valence-corrected chi connectivity index (χ1v) is 10.5. The van der Waals surface area contributed by atoms with Crippen molar-refractivity contribution >= 4 is 35.0 Å². The Hall–Kier alpha value is -2.65. The summed E-state index contributed by atoms with van der Waals surface area (Å²) in [5, 5.41) is 6.74. The number of fused-ring (bicyclic) bond motifs is 1. The molecule has 0 atom stereocenters. The summed E-state index contributed by atoms with van der Waals surface area (Å²) in [4.78, 5) is 29.6. The van der Waals surface area contributed by atoms with Crippen molar-refractivity contribution < 1.29 is 9.53 Å². The molecule has 0 unspecified atom stereocenters. The van der Waals surface area contributed by atoms with Gasteiger partial charge in [-0.3, -0.25) is 4.79 Å². The quantitative estimate of drug-likeness (QED) is 0.669. The molecular weight excluding hydrogens is 418 g/mol. The van der Waals surface area contributed by atoms with Crippen LogP contribution in [0.4, 0.5) is 17.5 Å². The Labute approximate surface area is 188 Å². The Morgan fingerprint density at radius 3 is 2.77 bits per heavy atom. The Morgan fingerprint density at radius 2 is 2.10 bits per heavy atom. The Balaban J connectivity index is 1.81. The fraction of sp³-hybridized carbons (Fsp3) is 0.524. The van der Waals surface area contributed by atoms with Crippen LogP contribution in [-0.2, 0) is 17.8 Å². The van der Waals surface area contributed by atoms with Crippen molar-refractivity contribution in [3.05, 3.63) is 28.5 Å². The van der Waals surface area contributed by atoms with E-state index in [-0.39, 0.29) is 5.91 Å². The molecule has 1 aliphatic heterocycles. The van der Waals surface area contributed by atoms with Gasteiger partial charge in [-0.25, -0.2) is 9.97 Å². The lowest BCUT2D eigenvalue weighted by molar-refractivity contribution is -0.136. The van der Waals surface area contributed by atoms with E-state index in [0.29, 0.717) is 34.9 Å². The monoisotopic (exact) mass is 447 g/mol. The summed E-state index contributed by atoms with van der Waals surface area (Å²) in [6, 6.07) is 2.03. The molecule has 2 aromatic heterocycles. The van der Waals surface area contributed by atoms with Gasteiger partial charge < -0.3 is 25.2 Å². The minimum absolute atomic E-state index is 0.0124. The number of rotatable bonds is 7. The minimum Gasteiger partial charge on any atom is -0.480 e. The highest BCUT2D eigenvalue weighted by Crippen LogP contribution is 2.31. The van der Waals surface area contributed by atoms with Gasteiger partial charge in [0.1, 0.15) is 10.7 Å². The highest BCUT2D eigenvalue weighted by molar-refractivity contribution is 6.32. The van der Waals surface area contributed by atoms with Crippen LogP contribution in [0.1, 0.15) is 25.1 Å². The number of aromatic nitrogens is 3. The van der Waals surface area contributed by atoms with E-state index >= 15 is 0 Å². The third-order valence-corrected chi connectivity index (χ3v) is 5.47. The summed E-state index contributed by atoms with van der Waals surface area (Å²) >= 11 is 6.29. The van der Waals surface area contributed by atoms with Crippen LogP contribution in [0.15, 0.2) is 12.3 Å². The van der Waals surface area contributed by atoms with E-state index in [9.17, 15) is 4.79 Å². The predicted molar refractivity (Wildman–Crippen MR) is 122 cm³/mol. The molecule has 3 rings (SSSR count). The number of likely N-dealkylation sites (N-methyl/N-ethyl adjacent to an activating group) is 1. The molecular formula is C21H30ClN7O2. The minimum atomic E-state index is -0.622. The molecule has 0 aromatic carbocycles. The summed E-state index contributed by atoms with van der Waals surface area (Å²) in [7, 11) is 7.15. The van der Waals surface area contributed by atoms with Gasteiger partial charge in [0.15, 0.2) is 5.82 Å². The van der Waals surface area contributed by atoms with E-state index in [1.165, 1.54) is 6.20 Å².